The number of nitriles is 1. The van der Waals surface area contributed by atoms with Gasteiger partial charge in [-0.3, -0.25) is 0 Å². The second kappa shape index (κ2) is 5.73. The summed E-state index contributed by atoms with van der Waals surface area (Å²) in [5, 5.41) is 9.49. The highest BCUT2D eigenvalue weighted by Gasteiger charge is 2.33. The number of imidazole rings is 1. The van der Waals surface area contributed by atoms with E-state index in [2.05, 4.69) is 52.9 Å². The number of hydrogen-bond acceptors (Lipinski definition) is 2. The van der Waals surface area contributed by atoms with Gasteiger partial charge in [-0.25, -0.2) is 4.98 Å². The first-order valence-electron chi connectivity index (χ1n) is 7.65. The molecule has 0 amide bonds. The summed E-state index contributed by atoms with van der Waals surface area (Å²) in [6.07, 6.45) is 5.01. The predicted molar refractivity (Wildman–Crippen MR) is 82.9 cm³/mol. The zero-order valence-corrected chi connectivity index (χ0v) is 12.7. The van der Waals surface area contributed by atoms with Crippen molar-refractivity contribution in [2.75, 3.05) is 0 Å². The largest absolute Gasteiger partial charge is 0.330 e. The highest BCUT2D eigenvalue weighted by Crippen LogP contribution is 2.42. The lowest BCUT2D eigenvalue weighted by Gasteiger charge is -2.34. The number of aryl methyl sites for hydroxylation is 1. The van der Waals surface area contributed by atoms with E-state index in [-0.39, 0.29) is 12.0 Å². The van der Waals surface area contributed by atoms with Gasteiger partial charge in [-0.05, 0) is 44.6 Å². The van der Waals surface area contributed by atoms with E-state index in [1.807, 2.05) is 13.3 Å². The summed E-state index contributed by atoms with van der Waals surface area (Å²) in [5.41, 5.74) is 3.65. The van der Waals surface area contributed by atoms with Crippen molar-refractivity contribution in [1.82, 2.24) is 9.55 Å². The first-order valence-corrected chi connectivity index (χ1v) is 7.65. The molecule has 1 heterocycles. The molecule has 0 spiro atoms. The van der Waals surface area contributed by atoms with Crippen LogP contribution in [0.5, 0.6) is 0 Å². The Bertz CT molecular complexity index is 651. The Hall–Kier alpha value is -2.08. The van der Waals surface area contributed by atoms with E-state index in [0.717, 1.165) is 25.0 Å². The SMILES string of the molecule is Cc1ncn(C2CC(c3ccccc3)CCC2C#N)c1C. The van der Waals surface area contributed by atoms with Crippen LogP contribution < -0.4 is 0 Å². The van der Waals surface area contributed by atoms with E-state index in [0.29, 0.717) is 5.92 Å². The van der Waals surface area contributed by atoms with Gasteiger partial charge in [0.2, 0.25) is 0 Å². The standard InChI is InChI=1S/C18H21N3/c1-13-14(2)21(12-20-13)18-10-16(8-9-17(18)11-19)15-6-4-3-5-7-15/h3-7,12,16-18H,8-10H2,1-2H3. The van der Waals surface area contributed by atoms with Crippen LogP contribution in [0.15, 0.2) is 36.7 Å². The van der Waals surface area contributed by atoms with Gasteiger partial charge < -0.3 is 4.57 Å². The van der Waals surface area contributed by atoms with Crippen LogP contribution in [0.25, 0.3) is 0 Å². The summed E-state index contributed by atoms with van der Waals surface area (Å²) in [5.74, 6) is 0.639. The Morgan fingerprint density at radius 3 is 2.57 bits per heavy atom. The summed E-state index contributed by atoms with van der Waals surface area (Å²) in [6.45, 7) is 4.13. The summed E-state index contributed by atoms with van der Waals surface area (Å²) in [4.78, 5) is 4.41. The first-order chi connectivity index (χ1) is 10.2. The van der Waals surface area contributed by atoms with Gasteiger partial charge in [0.15, 0.2) is 0 Å². The topological polar surface area (TPSA) is 41.6 Å². The maximum atomic E-state index is 9.49. The van der Waals surface area contributed by atoms with Gasteiger partial charge in [-0.1, -0.05) is 30.3 Å². The Morgan fingerprint density at radius 1 is 1.19 bits per heavy atom. The van der Waals surface area contributed by atoms with Crippen molar-refractivity contribution in [2.24, 2.45) is 5.92 Å². The van der Waals surface area contributed by atoms with E-state index in [1.165, 1.54) is 11.3 Å². The normalized spacial score (nSPS) is 25.5. The average Bonchev–Trinajstić information content (AvgIpc) is 2.87. The van der Waals surface area contributed by atoms with Gasteiger partial charge in [0.1, 0.15) is 0 Å². The lowest BCUT2D eigenvalue weighted by atomic mass is 9.76. The predicted octanol–water partition coefficient (Wildman–Crippen LogP) is 4.15. The minimum atomic E-state index is 0.0947. The fourth-order valence-electron chi connectivity index (χ4n) is 3.48. The molecule has 108 valence electrons. The van der Waals surface area contributed by atoms with Gasteiger partial charge in [0, 0.05) is 5.69 Å². The van der Waals surface area contributed by atoms with Crippen LogP contribution in [0, 0.1) is 31.1 Å². The van der Waals surface area contributed by atoms with Crippen LogP contribution in [0.2, 0.25) is 0 Å². The van der Waals surface area contributed by atoms with Crippen molar-refractivity contribution < 1.29 is 0 Å². The Labute approximate surface area is 126 Å². The average molecular weight is 279 g/mol. The van der Waals surface area contributed by atoms with E-state index in [4.69, 9.17) is 0 Å². The van der Waals surface area contributed by atoms with Crippen molar-refractivity contribution in [3.8, 4) is 6.07 Å². The molecule has 3 rings (SSSR count). The van der Waals surface area contributed by atoms with Crippen LogP contribution in [0.4, 0.5) is 0 Å². The summed E-state index contributed by atoms with van der Waals surface area (Å²) < 4.78 is 2.22. The number of aromatic nitrogens is 2. The van der Waals surface area contributed by atoms with Gasteiger partial charge >= 0.3 is 0 Å². The van der Waals surface area contributed by atoms with Crippen molar-refractivity contribution in [3.05, 3.63) is 53.6 Å². The van der Waals surface area contributed by atoms with Crippen molar-refractivity contribution in [1.29, 1.82) is 5.26 Å². The molecule has 0 bridgehead atoms. The quantitative estimate of drug-likeness (QED) is 0.828. The van der Waals surface area contributed by atoms with Crippen LogP contribution >= 0.6 is 0 Å². The zero-order valence-electron chi connectivity index (χ0n) is 12.7. The lowest BCUT2D eigenvalue weighted by molar-refractivity contribution is 0.260. The molecule has 1 aromatic heterocycles. The highest BCUT2D eigenvalue weighted by molar-refractivity contribution is 5.22. The van der Waals surface area contributed by atoms with Gasteiger partial charge in [0.05, 0.1) is 30.1 Å². The molecule has 0 radical (unpaired) electrons. The van der Waals surface area contributed by atoms with Crippen LogP contribution in [-0.4, -0.2) is 9.55 Å². The minimum absolute atomic E-state index is 0.0947. The van der Waals surface area contributed by atoms with Gasteiger partial charge in [0.25, 0.3) is 0 Å². The molecule has 0 saturated heterocycles. The van der Waals surface area contributed by atoms with Gasteiger partial charge in [-0.2, -0.15) is 5.26 Å². The third kappa shape index (κ3) is 2.58. The molecule has 1 fully saturated rings. The minimum Gasteiger partial charge on any atom is -0.330 e. The van der Waals surface area contributed by atoms with E-state index in [9.17, 15) is 5.26 Å². The second-order valence-electron chi connectivity index (χ2n) is 6.05. The molecule has 0 N–H and O–H groups in total. The zero-order chi connectivity index (χ0) is 14.8. The fraction of sp³-hybridized carbons (Fsp3) is 0.444. The second-order valence-corrected chi connectivity index (χ2v) is 6.05. The molecule has 3 atom stereocenters. The maximum Gasteiger partial charge on any atom is 0.0954 e. The molecule has 3 nitrogen and oxygen atoms in total. The monoisotopic (exact) mass is 279 g/mol. The molecule has 21 heavy (non-hydrogen) atoms. The molecule has 2 aromatic rings. The molecular weight excluding hydrogens is 258 g/mol. The third-order valence-electron chi connectivity index (χ3n) is 4.90. The summed E-state index contributed by atoms with van der Waals surface area (Å²) in [6, 6.07) is 13.4. The Balaban J connectivity index is 1.90. The third-order valence-corrected chi connectivity index (χ3v) is 4.90. The Morgan fingerprint density at radius 2 is 1.95 bits per heavy atom. The summed E-state index contributed by atoms with van der Waals surface area (Å²) >= 11 is 0. The number of nitrogens with zero attached hydrogens (tertiary/aromatic N) is 3. The maximum absolute atomic E-state index is 9.49. The first kappa shape index (κ1) is 13.9. The van der Waals surface area contributed by atoms with Crippen LogP contribution in [0.1, 0.15) is 48.2 Å². The molecule has 3 unspecified atom stereocenters. The van der Waals surface area contributed by atoms with E-state index >= 15 is 0 Å². The lowest BCUT2D eigenvalue weighted by Crippen LogP contribution is -2.26. The fourth-order valence-corrected chi connectivity index (χ4v) is 3.48. The van der Waals surface area contributed by atoms with Crippen molar-refractivity contribution >= 4 is 0 Å². The smallest absolute Gasteiger partial charge is 0.0954 e. The van der Waals surface area contributed by atoms with Crippen LogP contribution in [0.3, 0.4) is 0 Å². The molecule has 3 heteroatoms. The molecule has 1 aliphatic carbocycles. The van der Waals surface area contributed by atoms with Gasteiger partial charge in [-0.15, -0.1) is 0 Å². The number of benzene rings is 1. The molecule has 1 aromatic carbocycles. The molecule has 1 aliphatic rings. The van der Waals surface area contributed by atoms with Crippen molar-refractivity contribution in [2.45, 2.75) is 45.1 Å². The molecule has 0 aliphatic heterocycles. The van der Waals surface area contributed by atoms with Crippen molar-refractivity contribution in [3.63, 3.8) is 0 Å². The highest BCUT2D eigenvalue weighted by atomic mass is 15.1. The molecular formula is C18H21N3. The number of hydrogen-bond donors (Lipinski definition) is 0. The van der Waals surface area contributed by atoms with Crippen LogP contribution in [-0.2, 0) is 0 Å². The summed E-state index contributed by atoms with van der Waals surface area (Å²) in [7, 11) is 0. The molecule has 1 saturated carbocycles. The van der Waals surface area contributed by atoms with E-state index in [1.54, 1.807) is 0 Å². The number of rotatable bonds is 2. The Kier molecular flexibility index (Phi) is 3.79. The van der Waals surface area contributed by atoms with E-state index < -0.39 is 0 Å².